The van der Waals surface area contributed by atoms with Crippen molar-refractivity contribution in [1.29, 1.82) is 0 Å². The molecule has 160 valence electrons. The number of aromatic nitrogens is 2. The van der Waals surface area contributed by atoms with E-state index in [0.717, 1.165) is 34.8 Å². The van der Waals surface area contributed by atoms with E-state index in [-0.39, 0.29) is 5.91 Å². The lowest BCUT2D eigenvalue weighted by molar-refractivity contribution is -0.120. The number of hydrogen-bond acceptors (Lipinski definition) is 4. The van der Waals surface area contributed by atoms with Crippen LogP contribution in [-0.2, 0) is 4.79 Å². The lowest BCUT2D eigenvalue weighted by Gasteiger charge is -2.41. The highest BCUT2D eigenvalue weighted by Gasteiger charge is 2.32. The van der Waals surface area contributed by atoms with E-state index in [0.29, 0.717) is 24.4 Å². The van der Waals surface area contributed by atoms with E-state index in [1.807, 2.05) is 22.9 Å². The summed E-state index contributed by atoms with van der Waals surface area (Å²) in [6, 6.07) is 7.38. The monoisotopic (exact) mass is 424 g/mol. The maximum atomic E-state index is 13.2. The van der Waals surface area contributed by atoms with Gasteiger partial charge in [0.2, 0.25) is 5.91 Å². The zero-order valence-corrected chi connectivity index (χ0v) is 18.9. The maximum absolute atomic E-state index is 13.2. The second-order valence-corrected chi connectivity index (χ2v) is 10.4. The van der Waals surface area contributed by atoms with Gasteiger partial charge in [-0.2, -0.15) is 16.9 Å². The number of benzene rings is 1. The normalized spacial score (nSPS) is 24.5. The van der Waals surface area contributed by atoms with Crippen molar-refractivity contribution in [2.45, 2.75) is 57.5 Å². The van der Waals surface area contributed by atoms with Crippen molar-refractivity contribution in [3.05, 3.63) is 30.6 Å². The van der Waals surface area contributed by atoms with Gasteiger partial charge in [-0.25, -0.2) is 0 Å². The van der Waals surface area contributed by atoms with Crippen molar-refractivity contribution < 1.29 is 4.79 Å². The Morgan fingerprint density at radius 2 is 2.03 bits per heavy atom. The van der Waals surface area contributed by atoms with Crippen molar-refractivity contribution in [2.75, 3.05) is 34.9 Å². The Labute approximate surface area is 183 Å². The largest absolute Gasteiger partial charge is 0.368 e. The van der Waals surface area contributed by atoms with E-state index >= 15 is 0 Å². The predicted molar refractivity (Wildman–Crippen MR) is 125 cm³/mol. The van der Waals surface area contributed by atoms with Crippen molar-refractivity contribution in [2.24, 2.45) is 5.92 Å². The molecule has 0 radical (unpaired) electrons. The minimum atomic E-state index is 0.285. The molecule has 1 saturated carbocycles. The summed E-state index contributed by atoms with van der Waals surface area (Å²) in [5.74, 6) is 3.29. The van der Waals surface area contributed by atoms with Crippen molar-refractivity contribution in [3.8, 4) is 11.1 Å². The van der Waals surface area contributed by atoms with E-state index < -0.39 is 0 Å². The van der Waals surface area contributed by atoms with Crippen LogP contribution >= 0.6 is 11.8 Å². The molecule has 2 aromatic rings. The molecule has 3 aliphatic rings. The summed E-state index contributed by atoms with van der Waals surface area (Å²) < 4.78 is 2.15. The number of anilines is 2. The third-order valence-corrected chi connectivity index (χ3v) is 8.39. The molecule has 1 amide bonds. The molecule has 30 heavy (non-hydrogen) atoms. The van der Waals surface area contributed by atoms with E-state index in [4.69, 9.17) is 0 Å². The van der Waals surface area contributed by atoms with Gasteiger partial charge in [-0.15, -0.1) is 0 Å². The average molecular weight is 425 g/mol. The van der Waals surface area contributed by atoms with Crippen LogP contribution in [0.25, 0.3) is 11.1 Å². The molecule has 1 aliphatic carbocycles. The standard InChI is InChI=1S/C24H32N4OS/c1-17-14-27(24(29)11-18-5-3-6-18)23-12-19(8-9-22(23)26(17)2)20-13-25-28(15-20)21-7-4-10-30-16-21/h8-9,12-13,15,17-18,21H,3-7,10-11,14,16H2,1-2H3. The molecule has 2 atom stereocenters. The number of hydrogen-bond donors (Lipinski definition) is 0. The first-order valence-corrected chi connectivity index (χ1v) is 12.5. The van der Waals surface area contributed by atoms with Gasteiger partial charge in [0.05, 0.1) is 23.6 Å². The minimum absolute atomic E-state index is 0.285. The van der Waals surface area contributed by atoms with E-state index in [9.17, 15) is 4.79 Å². The fourth-order valence-electron chi connectivity index (χ4n) is 4.85. The third kappa shape index (κ3) is 3.75. The Hall–Kier alpha value is -1.95. The average Bonchev–Trinajstić information content (AvgIpc) is 3.24. The minimum Gasteiger partial charge on any atom is -0.368 e. The smallest absolute Gasteiger partial charge is 0.227 e. The second-order valence-electron chi connectivity index (χ2n) is 9.25. The molecule has 2 unspecified atom stereocenters. The molecular weight excluding hydrogens is 392 g/mol. The van der Waals surface area contributed by atoms with Crippen LogP contribution in [-0.4, -0.2) is 46.8 Å². The molecule has 1 saturated heterocycles. The molecule has 2 aliphatic heterocycles. The topological polar surface area (TPSA) is 41.4 Å². The second kappa shape index (κ2) is 8.29. The highest BCUT2D eigenvalue weighted by Crippen LogP contribution is 2.40. The summed E-state index contributed by atoms with van der Waals surface area (Å²) >= 11 is 2.03. The number of carbonyl (C=O) groups excluding carboxylic acids is 1. The number of rotatable bonds is 4. The quantitative estimate of drug-likeness (QED) is 0.694. The van der Waals surface area contributed by atoms with Crippen LogP contribution < -0.4 is 9.80 Å². The van der Waals surface area contributed by atoms with Gasteiger partial charge in [-0.3, -0.25) is 9.48 Å². The highest BCUT2D eigenvalue weighted by atomic mass is 32.2. The SMILES string of the molecule is CC1CN(C(=O)CC2CCC2)c2cc(-c3cnn(C4CCCSC4)c3)ccc2N1C. The summed E-state index contributed by atoms with van der Waals surface area (Å²) in [4.78, 5) is 17.5. The van der Waals surface area contributed by atoms with E-state index in [1.54, 1.807) is 0 Å². The summed E-state index contributed by atoms with van der Waals surface area (Å²) in [7, 11) is 2.13. The molecule has 5 nitrogen and oxygen atoms in total. The predicted octanol–water partition coefficient (Wildman–Crippen LogP) is 4.98. The molecule has 2 fully saturated rings. The van der Waals surface area contributed by atoms with Crippen molar-refractivity contribution in [3.63, 3.8) is 0 Å². The zero-order valence-electron chi connectivity index (χ0n) is 18.1. The van der Waals surface area contributed by atoms with Crippen LogP contribution in [0.2, 0.25) is 0 Å². The fourth-order valence-corrected chi connectivity index (χ4v) is 5.98. The lowest BCUT2D eigenvalue weighted by atomic mass is 9.82. The van der Waals surface area contributed by atoms with Gasteiger partial charge in [0, 0.05) is 43.6 Å². The van der Waals surface area contributed by atoms with Gasteiger partial charge in [0.1, 0.15) is 0 Å². The Kier molecular flexibility index (Phi) is 5.52. The number of fused-ring (bicyclic) bond motifs is 1. The Balaban J connectivity index is 1.43. The number of carbonyl (C=O) groups is 1. The summed E-state index contributed by atoms with van der Waals surface area (Å²) in [6.45, 7) is 2.96. The van der Waals surface area contributed by atoms with E-state index in [2.05, 4.69) is 53.0 Å². The maximum Gasteiger partial charge on any atom is 0.227 e. The van der Waals surface area contributed by atoms with E-state index in [1.165, 1.54) is 37.9 Å². The molecule has 1 aromatic carbocycles. The van der Waals surface area contributed by atoms with Gasteiger partial charge < -0.3 is 9.80 Å². The van der Waals surface area contributed by atoms with Gasteiger partial charge in [0.15, 0.2) is 0 Å². The van der Waals surface area contributed by atoms with Crippen molar-refractivity contribution >= 4 is 29.0 Å². The Morgan fingerprint density at radius 1 is 1.17 bits per heavy atom. The first kappa shape index (κ1) is 20.0. The van der Waals surface area contributed by atoms with Crippen molar-refractivity contribution in [1.82, 2.24) is 9.78 Å². The number of thioether (sulfide) groups is 1. The van der Waals surface area contributed by atoms with Crippen LogP contribution in [0, 0.1) is 5.92 Å². The molecule has 1 aromatic heterocycles. The zero-order chi connectivity index (χ0) is 20.7. The number of amides is 1. The van der Waals surface area contributed by atoms with Gasteiger partial charge >= 0.3 is 0 Å². The third-order valence-electron chi connectivity index (χ3n) is 7.19. The number of nitrogens with zero attached hydrogens (tertiary/aromatic N) is 4. The summed E-state index contributed by atoms with van der Waals surface area (Å²) in [5, 5.41) is 4.68. The molecule has 5 rings (SSSR count). The fraction of sp³-hybridized carbons (Fsp3) is 0.583. The van der Waals surface area contributed by atoms with Crippen LogP contribution in [0.4, 0.5) is 11.4 Å². The van der Waals surface area contributed by atoms with Crippen LogP contribution in [0.15, 0.2) is 30.6 Å². The first-order valence-electron chi connectivity index (χ1n) is 11.4. The van der Waals surface area contributed by atoms with Crippen LogP contribution in [0.5, 0.6) is 0 Å². The van der Waals surface area contributed by atoms with Gasteiger partial charge in [0.25, 0.3) is 0 Å². The molecular formula is C24H32N4OS. The van der Waals surface area contributed by atoms with Crippen LogP contribution in [0.1, 0.15) is 51.5 Å². The molecule has 0 spiro atoms. The van der Waals surface area contributed by atoms with Crippen LogP contribution in [0.3, 0.4) is 0 Å². The summed E-state index contributed by atoms with van der Waals surface area (Å²) in [5.41, 5.74) is 4.49. The molecule has 0 N–H and O–H groups in total. The number of likely N-dealkylation sites (N-methyl/N-ethyl adjacent to an activating group) is 1. The Morgan fingerprint density at radius 3 is 2.77 bits per heavy atom. The first-order chi connectivity index (χ1) is 14.6. The van der Waals surface area contributed by atoms with Gasteiger partial charge in [-0.05, 0) is 62.0 Å². The molecule has 0 bridgehead atoms. The summed E-state index contributed by atoms with van der Waals surface area (Å²) in [6.07, 6.45) is 11.0. The Bertz CT molecular complexity index is 916. The molecule has 6 heteroatoms. The highest BCUT2D eigenvalue weighted by molar-refractivity contribution is 7.99. The van der Waals surface area contributed by atoms with Gasteiger partial charge in [-0.1, -0.05) is 12.5 Å². The lowest BCUT2D eigenvalue weighted by Crippen LogP contribution is -2.48. The molecule has 3 heterocycles.